The minimum atomic E-state index is 0.479. The monoisotopic (exact) mass is 159 g/mol. The third-order valence-electron chi connectivity index (χ3n) is 1.93. The first-order valence-corrected chi connectivity index (χ1v) is 3.93. The van der Waals surface area contributed by atoms with E-state index in [-0.39, 0.29) is 0 Å². The van der Waals surface area contributed by atoms with E-state index in [0.717, 1.165) is 6.61 Å². The fraction of sp³-hybridized carbons (Fsp3) is 0.857. The first-order valence-electron chi connectivity index (χ1n) is 3.52. The average molecular weight is 159 g/mol. The normalized spacial score (nSPS) is 25.8. The van der Waals surface area contributed by atoms with Gasteiger partial charge >= 0.3 is 0 Å². The summed E-state index contributed by atoms with van der Waals surface area (Å²) in [6.07, 6.45) is 0. The molecule has 1 rings (SSSR count). The molecule has 0 aromatic rings. The summed E-state index contributed by atoms with van der Waals surface area (Å²) in [5.41, 5.74) is 0. The van der Waals surface area contributed by atoms with Crippen molar-refractivity contribution in [2.75, 3.05) is 13.7 Å². The smallest absolute Gasteiger partial charge is 0.259 e. The van der Waals surface area contributed by atoms with Crippen LogP contribution in [0.2, 0.25) is 0 Å². The van der Waals surface area contributed by atoms with Crippen LogP contribution in [0.1, 0.15) is 13.8 Å². The third-order valence-corrected chi connectivity index (χ3v) is 2.34. The lowest BCUT2D eigenvalue weighted by Gasteiger charge is -2.20. The molecule has 58 valence electrons. The molecule has 0 aliphatic carbocycles. The molecule has 1 unspecified atom stereocenters. The molecule has 1 heterocycles. The number of thiocarbonyl (C=S) groups is 1. The maximum Gasteiger partial charge on any atom is 0.259 e. The van der Waals surface area contributed by atoms with Gasteiger partial charge in [0.15, 0.2) is 0 Å². The molecule has 0 aromatic carbocycles. The number of rotatable bonds is 1. The molecule has 0 saturated carbocycles. The van der Waals surface area contributed by atoms with Crippen LogP contribution in [-0.4, -0.2) is 29.8 Å². The van der Waals surface area contributed by atoms with Gasteiger partial charge in [-0.3, -0.25) is 0 Å². The van der Waals surface area contributed by atoms with Crippen LogP contribution >= 0.6 is 12.2 Å². The second kappa shape index (κ2) is 2.74. The third kappa shape index (κ3) is 1.24. The van der Waals surface area contributed by atoms with Crippen LogP contribution < -0.4 is 0 Å². The van der Waals surface area contributed by atoms with Crippen LogP contribution in [0.5, 0.6) is 0 Å². The second-order valence-corrected chi connectivity index (χ2v) is 3.35. The van der Waals surface area contributed by atoms with Crippen LogP contribution in [-0.2, 0) is 4.74 Å². The Morgan fingerprint density at radius 2 is 2.30 bits per heavy atom. The number of nitrogens with zero attached hydrogens (tertiary/aromatic N) is 1. The molecule has 0 bridgehead atoms. The lowest BCUT2D eigenvalue weighted by Crippen LogP contribution is -2.33. The van der Waals surface area contributed by atoms with Crippen molar-refractivity contribution in [1.82, 2.24) is 4.90 Å². The van der Waals surface area contributed by atoms with E-state index in [1.54, 1.807) is 0 Å². The van der Waals surface area contributed by atoms with Gasteiger partial charge in [0.2, 0.25) is 0 Å². The van der Waals surface area contributed by atoms with Crippen molar-refractivity contribution in [1.29, 1.82) is 0 Å². The fourth-order valence-electron chi connectivity index (χ4n) is 1.15. The summed E-state index contributed by atoms with van der Waals surface area (Å²) in [5, 5.41) is 0.638. The standard InChI is InChI=1S/C7H13NOS/c1-5(2)6-4-9-7(10)8(6)3/h5-6H,4H2,1-3H3. The Morgan fingerprint density at radius 3 is 2.50 bits per heavy atom. The number of hydrogen-bond donors (Lipinski definition) is 0. The molecule has 2 nitrogen and oxygen atoms in total. The van der Waals surface area contributed by atoms with Gasteiger partial charge in [0.05, 0.1) is 6.04 Å². The highest BCUT2D eigenvalue weighted by Gasteiger charge is 2.28. The van der Waals surface area contributed by atoms with Crippen molar-refractivity contribution in [2.45, 2.75) is 19.9 Å². The van der Waals surface area contributed by atoms with Gasteiger partial charge in [-0.1, -0.05) is 13.8 Å². The Labute approximate surface area is 67.2 Å². The van der Waals surface area contributed by atoms with Crippen LogP contribution in [0.4, 0.5) is 0 Å². The van der Waals surface area contributed by atoms with Gasteiger partial charge in [-0.25, -0.2) is 0 Å². The lowest BCUT2D eigenvalue weighted by molar-refractivity contribution is 0.273. The Balaban J connectivity index is 2.57. The van der Waals surface area contributed by atoms with Crippen molar-refractivity contribution >= 4 is 17.4 Å². The van der Waals surface area contributed by atoms with Crippen LogP contribution in [0, 0.1) is 5.92 Å². The molecule has 0 aromatic heterocycles. The van der Waals surface area contributed by atoms with Gasteiger partial charge in [0.1, 0.15) is 6.61 Å². The van der Waals surface area contributed by atoms with Crippen molar-refractivity contribution in [3.63, 3.8) is 0 Å². The summed E-state index contributed by atoms with van der Waals surface area (Å²) in [7, 11) is 1.99. The maximum absolute atomic E-state index is 5.20. The molecule has 1 saturated heterocycles. The van der Waals surface area contributed by atoms with Crippen molar-refractivity contribution in [3.05, 3.63) is 0 Å². The molecular formula is C7H13NOS. The van der Waals surface area contributed by atoms with Gasteiger partial charge in [0, 0.05) is 7.05 Å². The quantitative estimate of drug-likeness (QED) is 0.534. The zero-order valence-electron chi connectivity index (χ0n) is 6.63. The van der Waals surface area contributed by atoms with E-state index in [0.29, 0.717) is 17.1 Å². The van der Waals surface area contributed by atoms with E-state index in [2.05, 4.69) is 13.8 Å². The molecular weight excluding hydrogens is 146 g/mol. The molecule has 1 fully saturated rings. The fourth-order valence-corrected chi connectivity index (χ4v) is 1.35. The van der Waals surface area contributed by atoms with E-state index in [4.69, 9.17) is 17.0 Å². The lowest BCUT2D eigenvalue weighted by atomic mass is 10.1. The maximum atomic E-state index is 5.20. The minimum absolute atomic E-state index is 0.479. The predicted molar refractivity (Wildman–Crippen MR) is 44.9 cm³/mol. The van der Waals surface area contributed by atoms with Crippen molar-refractivity contribution in [3.8, 4) is 0 Å². The highest BCUT2D eigenvalue weighted by atomic mass is 32.1. The molecule has 0 spiro atoms. The molecule has 3 heteroatoms. The second-order valence-electron chi connectivity index (χ2n) is 3.00. The summed E-state index contributed by atoms with van der Waals surface area (Å²) in [4.78, 5) is 2.03. The molecule has 0 radical (unpaired) electrons. The highest BCUT2D eigenvalue weighted by Crippen LogP contribution is 2.16. The van der Waals surface area contributed by atoms with Gasteiger partial charge in [-0.05, 0) is 18.1 Å². The molecule has 1 aliphatic rings. The summed E-state index contributed by atoms with van der Waals surface area (Å²) < 4.78 is 5.20. The van der Waals surface area contributed by atoms with Gasteiger partial charge in [-0.2, -0.15) is 0 Å². The van der Waals surface area contributed by atoms with Gasteiger partial charge in [0.25, 0.3) is 5.17 Å². The highest BCUT2D eigenvalue weighted by molar-refractivity contribution is 7.80. The molecule has 0 N–H and O–H groups in total. The zero-order valence-corrected chi connectivity index (χ0v) is 7.44. The largest absolute Gasteiger partial charge is 0.469 e. The molecule has 0 amide bonds. The first kappa shape index (κ1) is 7.79. The van der Waals surface area contributed by atoms with E-state index >= 15 is 0 Å². The number of ether oxygens (including phenoxy) is 1. The first-order chi connectivity index (χ1) is 4.63. The van der Waals surface area contributed by atoms with E-state index in [1.165, 1.54) is 0 Å². The average Bonchev–Trinajstić information content (AvgIpc) is 2.14. The van der Waals surface area contributed by atoms with E-state index in [1.807, 2.05) is 11.9 Å². The minimum Gasteiger partial charge on any atom is -0.469 e. The number of hydrogen-bond acceptors (Lipinski definition) is 2. The number of likely N-dealkylation sites (N-methyl/N-ethyl adjacent to an activating group) is 1. The van der Waals surface area contributed by atoms with Crippen molar-refractivity contribution in [2.24, 2.45) is 5.92 Å². The Bertz CT molecular complexity index is 147. The Kier molecular flexibility index (Phi) is 2.14. The molecule has 1 atom stereocenters. The van der Waals surface area contributed by atoms with Gasteiger partial charge in [-0.15, -0.1) is 0 Å². The predicted octanol–water partition coefficient (Wildman–Crippen LogP) is 1.26. The summed E-state index contributed by atoms with van der Waals surface area (Å²) in [5.74, 6) is 0.616. The van der Waals surface area contributed by atoms with E-state index < -0.39 is 0 Å². The topological polar surface area (TPSA) is 12.5 Å². The summed E-state index contributed by atoms with van der Waals surface area (Å²) in [6.45, 7) is 5.12. The summed E-state index contributed by atoms with van der Waals surface area (Å²) in [6, 6.07) is 0.479. The summed E-state index contributed by atoms with van der Waals surface area (Å²) >= 11 is 4.94. The van der Waals surface area contributed by atoms with Crippen LogP contribution in [0.3, 0.4) is 0 Å². The van der Waals surface area contributed by atoms with Crippen molar-refractivity contribution < 1.29 is 4.74 Å². The SMILES string of the molecule is CC(C)C1COC(=S)N1C. The molecule has 10 heavy (non-hydrogen) atoms. The van der Waals surface area contributed by atoms with Crippen LogP contribution in [0.15, 0.2) is 0 Å². The van der Waals surface area contributed by atoms with Gasteiger partial charge < -0.3 is 9.64 Å². The Hall–Kier alpha value is -0.310. The van der Waals surface area contributed by atoms with E-state index in [9.17, 15) is 0 Å². The molecule has 1 aliphatic heterocycles. The van der Waals surface area contributed by atoms with Crippen LogP contribution in [0.25, 0.3) is 0 Å². The Morgan fingerprint density at radius 1 is 1.70 bits per heavy atom. The zero-order chi connectivity index (χ0) is 7.72.